The number of urea groups is 1. The van der Waals surface area contributed by atoms with Gasteiger partial charge in [0, 0.05) is 17.3 Å². The first kappa shape index (κ1) is 20.1. The molecule has 2 aromatic carbocycles. The van der Waals surface area contributed by atoms with Gasteiger partial charge in [0.25, 0.3) is 5.91 Å². The van der Waals surface area contributed by atoms with Crippen LogP contribution in [0.5, 0.6) is 17.2 Å². The van der Waals surface area contributed by atoms with E-state index in [4.69, 9.17) is 14.2 Å². The average Bonchev–Trinajstić information content (AvgIpc) is 2.73. The van der Waals surface area contributed by atoms with Crippen molar-refractivity contribution in [3.63, 3.8) is 0 Å². The molecule has 1 aliphatic rings. The minimum Gasteiger partial charge on any atom is -0.497 e. The van der Waals surface area contributed by atoms with Gasteiger partial charge in [0.2, 0.25) is 0 Å². The first-order chi connectivity index (χ1) is 14.0. The molecule has 0 unspecified atom stereocenters. The third-order valence-corrected chi connectivity index (χ3v) is 4.62. The van der Waals surface area contributed by atoms with Crippen molar-refractivity contribution in [2.45, 2.75) is 13.0 Å². The maximum Gasteiger partial charge on any atom is 0.319 e. The van der Waals surface area contributed by atoms with Crippen LogP contribution in [0.4, 0.5) is 10.5 Å². The molecule has 8 heteroatoms. The molecular formula is C21H23N3O5. The fraction of sp³-hybridized carbons (Fsp3) is 0.238. The summed E-state index contributed by atoms with van der Waals surface area (Å²) in [4.78, 5) is 25.3. The van der Waals surface area contributed by atoms with E-state index in [0.29, 0.717) is 39.8 Å². The lowest BCUT2D eigenvalue weighted by molar-refractivity contribution is -0.113. The Hall–Kier alpha value is -3.68. The summed E-state index contributed by atoms with van der Waals surface area (Å²) in [7, 11) is 4.60. The predicted molar refractivity (Wildman–Crippen MR) is 108 cm³/mol. The number of benzene rings is 2. The van der Waals surface area contributed by atoms with E-state index in [2.05, 4.69) is 16.0 Å². The van der Waals surface area contributed by atoms with Crippen molar-refractivity contribution in [1.82, 2.24) is 10.6 Å². The molecule has 3 rings (SSSR count). The van der Waals surface area contributed by atoms with Crippen molar-refractivity contribution in [3.8, 4) is 17.2 Å². The lowest BCUT2D eigenvalue weighted by Gasteiger charge is -2.29. The average molecular weight is 397 g/mol. The molecule has 152 valence electrons. The number of amides is 3. The topological polar surface area (TPSA) is 97.9 Å². The number of ether oxygens (including phenoxy) is 3. The number of nitrogens with one attached hydrogen (secondary N) is 3. The first-order valence-corrected chi connectivity index (χ1v) is 8.93. The Morgan fingerprint density at radius 3 is 2.41 bits per heavy atom. The van der Waals surface area contributed by atoms with Crippen LogP contribution in [0.3, 0.4) is 0 Å². The Morgan fingerprint density at radius 2 is 1.72 bits per heavy atom. The third-order valence-electron chi connectivity index (χ3n) is 4.62. The smallest absolute Gasteiger partial charge is 0.319 e. The van der Waals surface area contributed by atoms with Gasteiger partial charge in [0.1, 0.15) is 17.2 Å². The summed E-state index contributed by atoms with van der Waals surface area (Å²) >= 11 is 0. The summed E-state index contributed by atoms with van der Waals surface area (Å²) in [6, 6.07) is 11.3. The molecule has 0 bridgehead atoms. The Morgan fingerprint density at radius 1 is 1.00 bits per heavy atom. The number of para-hydroxylation sites is 1. The highest BCUT2D eigenvalue weighted by molar-refractivity contribution is 6.07. The second-order valence-electron chi connectivity index (χ2n) is 6.33. The quantitative estimate of drug-likeness (QED) is 0.696. The first-order valence-electron chi connectivity index (χ1n) is 8.93. The lowest BCUT2D eigenvalue weighted by Crippen LogP contribution is -2.46. The van der Waals surface area contributed by atoms with E-state index in [-0.39, 0.29) is 5.91 Å². The van der Waals surface area contributed by atoms with Gasteiger partial charge in [-0.1, -0.05) is 18.2 Å². The molecular weight excluding hydrogens is 374 g/mol. The van der Waals surface area contributed by atoms with Crippen molar-refractivity contribution < 1.29 is 23.8 Å². The van der Waals surface area contributed by atoms with Gasteiger partial charge in [-0.05, 0) is 25.1 Å². The van der Waals surface area contributed by atoms with Crippen molar-refractivity contribution in [2.75, 3.05) is 26.6 Å². The Balaban J connectivity index is 1.99. The monoisotopic (exact) mass is 397 g/mol. The van der Waals surface area contributed by atoms with Crippen LogP contribution in [0, 0.1) is 0 Å². The van der Waals surface area contributed by atoms with E-state index in [1.807, 2.05) is 18.2 Å². The van der Waals surface area contributed by atoms with Crippen LogP contribution in [0.1, 0.15) is 18.5 Å². The number of carbonyl (C=O) groups excluding carboxylic acids is 2. The highest BCUT2D eigenvalue weighted by Gasteiger charge is 2.33. The molecule has 0 aromatic heterocycles. The zero-order valence-electron chi connectivity index (χ0n) is 16.7. The van der Waals surface area contributed by atoms with Crippen LogP contribution in [-0.4, -0.2) is 33.3 Å². The molecule has 1 heterocycles. The summed E-state index contributed by atoms with van der Waals surface area (Å²) in [5, 5.41) is 8.31. The van der Waals surface area contributed by atoms with Crippen molar-refractivity contribution in [2.24, 2.45) is 0 Å². The second-order valence-corrected chi connectivity index (χ2v) is 6.33. The van der Waals surface area contributed by atoms with Gasteiger partial charge in [0.15, 0.2) is 0 Å². The SMILES string of the molecule is COc1ccc(NC(=O)C2=C(C)NC(=O)N[C@H]2c2ccccc2OC)c(OC)c1. The van der Waals surface area contributed by atoms with E-state index in [9.17, 15) is 9.59 Å². The van der Waals surface area contributed by atoms with Crippen LogP contribution >= 0.6 is 0 Å². The van der Waals surface area contributed by atoms with E-state index >= 15 is 0 Å². The zero-order valence-corrected chi connectivity index (χ0v) is 16.7. The van der Waals surface area contributed by atoms with Gasteiger partial charge >= 0.3 is 6.03 Å². The zero-order chi connectivity index (χ0) is 21.0. The number of rotatable bonds is 6. The molecule has 0 saturated carbocycles. The van der Waals surface area contributed by atoms with E-state index < -0.39 is 12.1 Å². The molecule has 0 radical (unpaired) electrons. The number of hydrogen-bond donors (Lipinski definition) is 3. The highest BCUT2D eigenvalue weighted by atomic mass is 16.5. The molecule has 1 atom stereocenters. The van der Waals surface area contributed by atoms with E-state index in [1.54, 1.807) is 45.4 Å². The summed E-state index contributed by atoms with van der Waals surface area (Å²) in [6.07, 6.45) is 0. The van der Waals surface area contributed by atoms with E-state index in [1.165, 1.54) is 7.11 Å². The molecule has 2 aromatic rings. The molecule has 29 heavy (non-hydrogen) atoms. The minimum absolute atomic E-state index is 0.368. The normalized spacial score (nSPS) is 15.9. The van der Waals surface area contributed by atoms with Gasteiger partial charge in [0.05, 0.1) is 38.6 Å². The Kier molecular flexibility index (Phi) is 5.92. The van der Waals surface area contributed by atoms with Crippen LogP contribution < -0.4 is 30.2 Å². The van der Waals surface area contributed by atoms with Crippen LogP contribution in [0.2, 0.25) is 0 Å². The predicted octanol–water partition coefficient (Wildman–Crippen LogP) is 2.98. The Labute approximate surface area is 168 Å². The molecule has 8 nitrogen and oxygen atoms in total. The van der Waals surface area contributed by atoms with Gasteiger partial charge in [-0.15, -0.1) is 0 Å². The van der Waals surface area contributed by atoms with Crippen LogP contribution in [-0.2, 0) is 4.79 Å². The minimum atomic E-state index is -0.677. The number of anilines is 1. The molecule has 0 spiro atoms. The molecule has 3 amide bonds. The Bertz CT molecular complexity index is 971. The highest BCUT2D eigenvalue weighted by Crippen LogP contribution is 2.35. The molecule has 3 N–H and O–H groups in total. The second kappa shape index (κ2) is 8.55. The standard InChI is InChI=1S/C21H23N3O5/c1-12-18(20(25)23-15-10-9-13(27-2)11-17(15)29-4)19(24-21(26)22-12)14-7-5-6-8-16(14)28-3/h5-11,19H,1-4H3,(H,23,25)(H2,22,24,26)/t19-/m0/s1. The van der Waals surface area contributed by atoms with Gasteiger partial charge < -0.3 is 30.2 Å². The van der Waals surface area contributed by atoms with Gasteiger partial charge in [-0.25, -0.2) is 4.79 Å². The molecule has 0 fully saturated rings. The number of hydrogen-bond acceptors (Lipinski definition) is 5. The van der Waals surface area contributed by atoms with Crippen molar-refractivity contribution in [1.29, 1.82) is 0 Å². The summed E-state index contributed by atoms with van der Waals surface area (Å²) in [6.45, 7) is 1.68. The van der Waals surface area contributed by atoms with Gasteiger partial charge in [-0.2, -0.15) is 0 Å². The molecule has 1 aliphatic heterocycles. The van der Waals surface area contributed by atoms with Crippen LogP contribution in [0.25, 0.3) is 0 Å². The summed E-state index contributed by atoms with van der Waals surface area (Å²) in [5.41, 5.74) is 1.98. The molecule has 0 aliphatic carbocycles. The summed E-state index contributed by atoms with van der Waals surface area (Å²) < 4.78 is 16.0. The largest absolute Gasteiger partial charge is 0.497 e. The fourth-order valence-electron chi connectivity index (χ4n) is 3.22. The number of allylic oxidation sites excluding steroid dienone is 1. The van der Waals surface area contributed by atoms with Crippen LogP contribution in [0.15, 0.2) is 53.7 Å². The summed E-state index contributed by atoms with van der Waals surface area (Å²) in [5.74, 6) is 1.25. The van der Waals surface area contributed by atoms with Crippen molar-refractivity contribution >= 4 is 17.6 Å². The lowest BCUT2D eigenvalue weighted by atomic mass is 9.94. The van der Waals surface area contributed by atoms with Gasteiger partial charge in [-0.3, -0.25) is 4.79 Å². The maximum atomic E-state index is 13.2. The maximum absolute atomic E-state index is 13.2. The third kappa shape index (κ3) is 4.11. The fourth-order valence-corrected chi connectivity index (χ4v) is 3.22. The molecule has 0 saturated heterocycles. The van der Waals surface area contributed by atoms with E-state index in [0.717, 1.165) is 0 Å². The van der Waals surface area contributed by atoms with Crippen molar-refractivity contribution in [3.05, 3.63) is 59.3 Å². The number of carbonyl (C=O) groups is 2. The number of methoxy groups -OCH3 is 3.